The van der Waals surface area contributed by atoms with E-state index in [4.69, 9.17) is 4.74 Å². The smallest absolute Gasteiger partial charge is 0.258 e. The van der Waals surface area contributed by atoms with Gasteiger partial charge in [0, 0.05) is 11.0 Å². The third-order valence-electron chi connectivity index (χ3n) is 3.93. The molecule has 152 valence electrons. The van der Waals surface area contributed by atoms with Crippen LogP contribution in [-0.2, 0) is 14.8 Å². The zero-order valence-corrected chi connectivity index (χ0v) is 18.5. The summed E-state index contributed by atoms with van der Waals surface area (Å²) in [6.07, 6.45) is 0. The molecule has 2 aromatic carbocycles. The van der Waals surface area contributed by atoms with E-state index in [9.17, 15) is 13.2 Å². The van der Waals surface area contributed by atoms with Gasteiger partial charge in [0.15, 0.2) is 6.61 Å². The Labute approximate surface area is 174 Å². The van der Waals surface area contributed by atoms with Crippen LogP contribution >= 0.6 is 15.9 Å². The van der Waals surface area contributed by atoms with E-state index in [0.29, 0.717) is 12.3 Å². The topological polar surface area (TPSA) is 84.5 Å². The molecule has 2 rings (SSSR count). The molecule has 0 saturated heterocycles. The number of rotatable bonds is 9. The molecule has 0 aliphatic carbocycles. The molecule has 0 aliphatic heterocycles. The van der Waals surface area contributed by atoms with Crippen LogP contribution in [0, 0.1) is 5.92 Å². The largest absolute Gasteiger partial charge is 0.484 e. The Balaban J connectivity index is 1.87. The summed E-state index contributed by atoms with van der Waals surface area (Å²) in [5, 5.41) is 2.86. The van der Waals surface area contributed by atoms with E-state index in [1.165, 1.54) is 24.3 Å². The van der Waals surface area contributed by atoms with Crippen molar-refractivity contribution >= 4 is 31.9 Å². The van der Waals surface area contributed by atoms with Crippen LogP contribution < -0.4 is 14.8 Å². The number of benzene rings is 2. The van der Waals surface area contributed by atoms with Crippen LogP contribution in [-0.4, -0.2) is 27.5 Å². The molecule has 0 bridgehead atoms. The number of hydrogen-bond acceptors (Lipinski definition) is 4. The monoisotopic (exact) mass is 468 g/mol. The molecule has 1 atom stereocenters. The van der Waals surface area contributed by atoms with Gasteiger partial charge in [-0.2, -0.15) is 0 Å². The molecular formula is C20H25BrN2O4S. The van der Waals surface area contributed by atoms with Gasteiger partial charge in [-0.25, -0.2) is 13.1 Å². The number of ether oxygens (including phenoxy) is 1. The molecule has 6 nitrogen and oxygen atoms in total. The number of carbonyl (C=O) groups is 1. The van der Waals surface area contributed by atoms with Gasteiger partial charge in [-0.15, -0.1) is 0 Å². The molecule has 0 spiro atoms. The van der Waals surface area contributed by atoms with Crippen LogP contribution in [0.2, 0.25) is 0 Å². The van der Waals surface area contributed by atoms with Crippen LogP contribution in [0.3, 0.4) is 0 Å². The number of halogens is 1. The van der Waals surface area contributed by atoms with E-state index in [1.54, 1.807) is 0 Å². The molecular weight excluding hydrogens is 444 g/mol. The highest BCUT2D eigenvalue weighted by molar-refractivity contribution is 9.10. The van der Waals surface area contributed by atoms with Gasteiger partial charge in [-0.05, 0) is 54.8 Å². The number of nitrogens with one attached hydrogen (secondary N) is 2. The van der Waals surface area contributed by atoms with E-state index in [0.717, 1.165) is 10.0 Å². The quantitative estimate of drug-likeness (QED) is 0.588. The second kappa shape index (κ2) is 10.0. The van der Waals surface area contributed by atoms with Crippen molar-refractivity contribution in [3.63, 3.8) is 0 Å². The van der Waals surface area contributed by atoms with E-state index in [1.807, 2.05) is 45.0 Å². The summed E-state index contributed by atoms with van der Waals surface area (Å²) in [6.45, 7) is 5.98. The molecule has 0 radical (unpaired) electrons. The number of sulfonamides is 1. The molecule has 0 fully saturated rings. The minimum Gasteiger partial charge on any atom is -0.484 e. The standard InChI is InChI=1S/C20H25BrN2O4S/c1-14(2)12-22-28(25,26)19-10-8-18(9-11-19)27-13-20(24)23-15(3)16-4-6-17(21)7-5-16/h4-11,14-15,22H,12-13H2,1-3H3,(H,23,24)/t15-/m1/s1. The summed E-state index contributed by atoms with van der Waals surface area (Å²) in [5.74, 6) is 0.385. The Morgan fingerprint density at radius 1 is 1.04 bits per heavy atom. The van der Waals surface area contributed by atoms with Crippen molar-refractivity contribution in [1.29, 1.82) is 0 Å². The van der Waals surface area contributed by atoms with Gasteiger partial charge in [0.2, 0.25) is 10.0 Å². The minimum atomic E-state index is -3.54. The third kappa shape index (κ3) is 6.92. The molecule has 28 heavy (non-hydrogen) atoms. The zero-order chi connectivity index (χ0) is 20.7. The molecule has 0 saturated carbocycles. The minimum absolute atomic E-state index is 0.149. The van der Waals surface area contributed by atoms with Gasteiger partial charge in [-0.3, -0.25) is 4.79 Å². The molecule has 1 amide bonds. The molecule has 2 aromatic rings. The third-order valence-corrected chi connectivity index (χ3v) is 5.90. The summed E-state index contributed by atoms with van der Waals surface area (Å²) in [5.41, 5.74) is 0.986. The van der Waals surface area contributed by atoms with Crippen molar-refractivity contribution in [2.75, 3.05) is 13.2 Å². The molecule has 0 aromatic heterocycles. The van der Waals surface area contributed by atoms with Gasteiger partial charge in [0.1, 0.15) is 5.75 Å². The van der Waals surface area contributed by atoms with Crippen molar-refractivity contribution in [2.24, 2.45) is 5.92 Å². The highest BCUT2D eigenvalue weighted by Crippen LogP contribution is 2.18. The fourth-order valence-electron chi connectivity index (χ4n) is 2.34. The SMILES string of the molecule is CC(C)CNS(=O)(=O)c1ccc(OCC(=O)N[C@H](C)c2ccc(Br)cc2)cc1. The Kier molecular flexibility index (Phi) is 8.03. The Bertz CT molecular complexity index is 881. The summed E-state index contributed by atoms with van der Waals surface area (Å²) < 4.78 is 33.3. The maximum Gasteiger partial charge on any atom is 0.258 e. The number of amides is 1. The number of carbonyl (C=O) groups excluding carboxylic acids is 1. The Morgan fingerprint density at radius 3 is 2.21 bits per heavy atom. The summed E-state index contributed by atoms with van der Waals surface area (Å²) in [4.78, 5) is 12.3. The van der Waals surface area contributed by atoms with Crippen LogP contribution in [0.15, 0.2) is 57.9 Å². The van der Waals surface area contributed by atoms with Crippen molar-refractivity contribution < 1.29 is 17.9 Å². The predicted octanol–water partition coefficient (Wildman–Crippen LogP) is 3.64. The maximum absolute atomic E-state index is 12.2. The molecule has 8 heteroatoms. The Morgan fingerprint density at radius 2 is 1.64 bits per heavy atom. The Hall–Kier alpha value is -1.90. The fraction of sp³-hybridized carbons (Fsp3) is 0.350. The first-order chi connectivity index (χ1) is 13.2. The zero-order valence-electron chi connectivity index (χ0n) is 16.1. The van der Waals surface area contributed by atoms with E-state index >= 15 is 0 Å². The molecule has 0 unspecified atom stereocenters. The lowest BCUT2D eigenvalue weighted by Crippen LogP contribution is -2.31. The van der Waals surface area contributed by atoms with Crippen LogP contribution in [0.25, 0.3) is 0 Å². The van der Waals surface area contributed by atoms with E-state index in [-0.39, 0.29) is 29.4 Å². The lowest BCUT2D eigenvalue weighted by molar-refractivity contribution is -0.123. The average molecular weight is 469 g/mol. The normalized spacial score (nSPS) is 12.6. The highest BCUT2D eigenvalue weighted by atomic mass is 79.9. The van der Waals surface area contributed by atoms with Crippen LogP contribution in [0.1, 0.15) is 32.4 Å². The first kappa shape index (κ1) is 22.4. The van der Waals surface area contributed by atoms with Crippen molar-refractivity contribution in [1.82, 2.24) is 10.0 Å². The molecule has 0 aliphatic rings. The van der Waals surface area contributed by atoms with Crippen LogP contribution in [0.5, 0.6) is 5.75 Å². The lowest BCUT2D eigenvalue weighted by atomic mass is 10.1. The van der Waals surface area contributed by atoms with Gasteiger partial charge < -0.3 is 10.1 Å². The van der Waals surface area contributed by atoms with Gasteiger partial charge in [-0.1, -0.05) is 41.9 Å². The first-order valence-corrected chi connectivity index (χ1v) is 11.2. The molecule has 0 heterocycles. The van der Waals surface area contributed by atoms with Gasteiger partial charge >= 0.3 is 0 Å². The van der Waals surface area contributed by atoms with Crippen molar-refractivity contribution in [3.8, 4) is 5.75 Å². The predicted molar refractivity (Wildman–Crippen MR) is 113 cm³/mol. The lowest BCUT2D eigenvalue weighted by Gasteiger charge is -2.15. The van der Waals surface area contributed by atoms with Crippen molar-refractivity contribution in [2.45, 2.75) is 31.7 Å². The second-order valence-electron chi connectivity index (χ2n) is 6.85. The first-order valence-electron chi connectivity index (χ1n) is 8.94. The summed E-state index contributed by atoms with van der Waals surface area (Å²) in [7, 11) is -3.54. The van der Waals surface area contributed by atoms with Crippen LogP contribution in [0.4, 0.5) is 0 Å². The van der Waals surface area contributed by atoms with Gasteiger partial charge in [0.05, 0.1) is 10.9 Å². The highest BCUT2D eigenvalue weighted by Gasteiger charge is 2.14. The average Bonchev–Trinajstić information content (AvgIpc) is 2.65. The van der Waals surface area contributed by atoms with Gasteiger partial charge in [0.25, 0.3) is 5.91 Å². The molecule has 2 N–H and O–H groups in total. The summed E-state index contributed by atoms with van der Waals surface area (Å²) >= 11 is 3.38. The van der Waals surface area contributed by atoms with E-state index in [2.05, 4.69) is 26.0 Å². The number of hydrogen-bond donors (Lipinski definition) is 2. The summed E-state index contributed by atoms with van der Waals surface area (Å²) in [6, 6.07) is 13.5. The van der Waals surface area contributed by atoms with Crippen molar-refractivity contribution in [3.05, 3.63) is 58.6 Å². The van der Waals surface area contributed by atoms with E-state index < -0.39 is 10.0 Å². The fourth-order valence-corrected chi connectivity index (χ4v) is 3.82. The second-order valence-corrected chi connectivity index (χ2v) is 9.53. The maximum atomic E-state index is 12.2.